The number of esters is 2. The molecular formula is C17H19NO6. The first kappa shape index (κ1) is 16.4. The molecule has 7 heteroatoms. The Balaban J connectivity index is 2.15. The number of carbonyl (C=O) groups is 3. The third-order valence-electron chi connectivity index (χ3n) is 4.74. The molecule has 7 nitrogen and oxygen atoms in total. The molecule has 0 amide bonds. The Morgan fingerprint density at radius 3 is 2.71 bits per heavy atom. The second-order valence-corrected chi connectivity index (χ2v) is 6.06. The van der Waals surface area contributed by atoms with Crippen LogP contribution in [0, 0.1) is 5.41 Å². The maximum Gasteiger partial charge on any atom is 0.329 e. The number of carbonyl (C=O) groups excluding carboxylic acids is 3. The van der Waals surface area contributed by atoms with E-state index in [1.54, 1.807) is 38.1 Å². The average molecular weight is 333 g/mol. The van der Waals surface area contributed by atoms with Crippen molar-refractivity contribution < 1.29 is 28.6 Å². The van der Waals surface area contributed by atoms with E-state index >= 15 is 0 Å². The van der Waals surface area contributed by atoms with E-state index in [9.17, 15) is 14.4 Å². The molecule has 1 N–H and O–H groups in total. The van der Waals surface area contributed by atoms with Crippen LogP contribution in [0.25, 0.3) is 0 Å². The molecule has 1 fully saturated rings. The minimum Gasteiger partial charge on any atom is -0.485 e. The van der Waals surface area contributed by atoms with Crippen molar-refractivity contribution in [3.05, 3.63) is 29.8 Å². The van der Waals surface area contributed by atoms with Gasteiger partial charge in [-0.1, -0.05) is 12.1 Å². The van der Waals surface area contributed by atoms with Crippen LogP contribution < -0.4 is 10.1 Å². The number of Topliss-reactive ketones (excluding diaryl/α,β-unsaturated/α-hetero) is 1. The molecule has 0 saturated carbocycles. The molecule has 24 heavy (non-hydrogen) atoms. The van der Waals surface area contributed by atoms with Crippen LogP contribution in [-0.4, -0.2) is 49.6 Å². The number of rotatable bonds is 3. The van der Waals surface area contributed by atoms with Gasteiger partial charge >= 0.3 is 11.9 Å². The van der Waals surface area contributed by atoms with Crippen molar-refractivity contribution in [3.63, 3.8) is 0 Å². The predicted molar refractivity (Wildman–Crippen MR) is 82.7 cm³/mol. The highest BCUT2D eigenvalue weighted by Gasteiger charge is 2.70. The summed E-state index contributed by atoms with van der Waals surface area (Å²) in [5.74, 6) is -1.38. The van der Waals surface area contributed by atoms with E-state index in [0.717, 1.165) is 0 Å². The Morgan fingerprint density at radius 1 is 1.33 bits per heavy atom. The van der Waals surface area contributed by atoms with Crippen LogP contribution >= 0.6 is 0 Å². The molecule has 0 aromatic heterocycles. The van der Waals surface area contributed by atoms with Gasteiger partial charge in [-0.3, -0.25) is 14.9 Å². The molecule has 0 spiro atoms. The SMILES string of the molecule is CCOC(=O)[C@]1(C)NC[C@@]2(C(=O)OC)C(=O)c3ccccc3O[C@H]21. The molecule has 1 saturated heterocycles. The lowest BCUT2D eigenvalue weighted by Gasteiger charge is -2.39. The third-order valence-corrected chi connectivity index (χ3v) is 4.74. The van der Waals surface area contributed by atoms with Crippen molar-refractivity contribution in [1.29, 1.82) is 0 Å². The van der Waals surface area contributed by atoms with Crippen LogP contribution in [0.3, 0.4) is 0 Å². The summed E-state index contributed by atoms with van der Waals surface area (Å²) in [4.78, 5) is 38.1. The molecular weight excluding hydrogens is 314 g/mol. The monoisotopic (exact) mass is 333 g/mol. The summed E-state index contributed by atoms with van der Waals surface area (Å²) in [5, 5.41) is 2.96. The van der Waals surface area contributed by atoms with Crippen molar-refractivity contribution >= 4 is 17.7 Å². The molecule has 0 radical (unpaired) electrons. The summed E-state index contributed by atoms with van der Waals surface area (Å²) >= 11 is 0. The van der Waals surface area contributed by atoms with Crippen LogP contribution in [0.1, 0.15) is 24.2 Å². The Morgan fingerprint density at radius 2 is 2.04 bits per heavy atom. The van der Waals surface area contributed by atoms with Gasteiger partial charge in [0.25, 0.3) is 0 Å². The fraction of sp³-hybridized carbons (Fsp3) is 0.471. The van der Waals surface area contributed by atoms with E-state index in [-0.39, 0.29) is 13.2 Å². The molecule has 1 aromatic carbocycles. The van der Waals surface area contributed by atoms with Gasteiger partial charge in [0.05, 0.1) is 19.3 Å². The van der Waals surface area contributed by atoms with Crippen LogP contribution in [-0.2, 0) is 19.1 Å². The summed E-state index contributed by atoms with van der Waals surface area (Å²) in [6, 6.07) is 6.65. The maximum atomic E-state index is 13.1. The van der Waals surface area contributed by atoms with Gasteiger partial charge in [-0.05, 0) is 26.0 Å². The van der Waals surface area contributed by atoms with Crippen molar-refractivity contribution in [2.75, 3.05) is 20.3 Å². The lowest BCUT2D eigenvalue weighted by Crippen LogP contribution is -2.62. The van der Waals surface area contributed by atoms with E-state index in [0.29, 0.717) is 11.3 Å². The number of ketones is 1. The predicted octanol–water partition coefficient (Wildman–Crippen LogP) is 0.715. The number of nitrogens with one attached hydrogen (secondary N) is 1. The molecule has 2 heterocycles. The molecule has 3 rings (SSSR count). The zero-order valence-corrected chi connectivity index (χ0v) is 13.8. The first-order valence-electron chi connectivity index (χ1n) is 7.73. The van der Waals surface area contributed by atoms with Gasteiger partial charge in [-0.15, -0.1) is 0 Å². The molecule has 2 aliphatic rings. The van der Waals surface area contributed by atoms with Crippen LogP contribution in [0.5, 0.6) is 5.75 Å². The van der Waals surface area contributed by atoms with Gasteiger partial charge in [0, 0.05) is 6.54 Å². The van der Waals surface area contributed by atoms with E-state index in [2.05, 4.69) is 5.32 Å². The number of methoxy groups -OCH3 is 1. The standard InChI is InChI=1S/C17H19NO6/c1-4-23-14(20)16(2)13-17(9-18-16,15(21)22-3)12(19)10-7-5-6-8-11(10)24-13/h5-8,13,18H,4,9H2,1-3H3/t13-,16+,17+/m0/s1. The lowest BCUT2D eigenvalue weighted by atomic mass is 9.71. The van der Waals surface area contributed by atoms with E-state index < -0.39 is 34.8 Å². The summed E-state index contributed by atoms with van der Waals surface area (Å²) in [6.45, 7) is 3.37. The summed E-state index contributed by atoms with van der Waals surface area (Å²) in [7, 11) is 1.21. The van der Waals surface area contributed by atoms with Crippen molar-refractivity contribution in [2.24, 2.45) is 5.41 Å². The number of benzene rings is 1. The number of para-hydroxylation sites is 1. The van der Waals surface area contributed by atoms with Crippen LogP contribution in [0.15, 0.2) is 24.3 Å². The molecule has 0 aliphatic carbocycles. The van der Waals surface area contributed by atoms with Crippen molar-refractivity contribution in [3.8, 4) is 5.75 Å². The smallest absolute Gasteiger partial charge is 0.329 e. The molecule has 128 valence electrons. The highest BCUT2D eigenvalue weighted by atomic mass is 16.6. The zero-order chi connectivity index (χ0) is 17.5. The van der Waals surface area contributed by atoms with Crippen molar-refractivity contribution in [1.82, 2.24) is 5.32 Å². The Hall–Kier alpha value is -2.41. The fourth-order valence-corrected chi connectivity index (χ4v) is 3.46. The number of fused-ring (bicyclic) bond motifs is 2. The molecule has 1 aromatic rings. The normalized spacial score (nSPS) is 30.8. The fourth-order valence-electron chi connectivity index (χ4n) is 3.46. The topological polar surface area (TPSA) is 90.9 Å². The Bertz CT molecular complexity index is 717. The lowest BCUT2D eigenvalue weighted by molar-refractivity contribution is -0.159. The van der Waals surface area contributed by atoms with Gasteiger partial charge in [-0.25, -0.2) is 4.79 Å². The van der Waals surface area contributed by atoms with Gasteiger partial charge in [-0.2, -0.15) is 0 Å². The second-order valence-electron chi connectivity index (χ2n) is 6.06. The molecule has 2 aliphatic heterocycles. The molecule has 0 bridgehead atoms. The van der Waals surface area contributed by atoms with Gasteiger partial charge in [0.1, 0.15) is 5.75 Å². The highest BCUT2D eigenvalue weighted by molar-refractivity contribution is 6.16. The van der Waals surface area contributed by atoms with Crippen molar-refractivity contribution in [2.45, 2.75) is 25.5 Å². The van der Waals surface area contributed by atoms with Gasteiger partial charge in [0.15, 0.2) is 22.8 Å². The van der Waals surface area contributed by atoms with Gasteiger partial charge in [0.2, 0.25) is 0 Å². The van der Waals surface area contributed by atoms with E-state index in [4.69, 9.17) is 14.2 Å². The van der Waals surface area contributed by atoms with Gasteiger partial charge < -0.3 is 14.2 Å². The summed E-state index contributed by atoms with van der Waals surface area (Å²) < 4.78 is 15.9. The third kappa shape index (κ3) is 1.97. The zero-order valence-electron chi connectivity index (χ0n) is 13.8. The number of ether oxygens (including phenoxy) is 3. The van der Waals surface area contributed by atoms with E-state index in [1.807, 2.05) is 0 Å². The second kappa shape index (κ2) is 5.59. The number of hydrogen-bond acceptors (Lipinski definition) is 7. The van der Waals surface area contributed by atoms with Crippen LogP contribution in [0.2, 0.25) is 0 Å². The molecule has 3 atom stereocenters. The Kier molecular flexibility index (Phi) is 3.83. The summed E-state index contributed by atoms with van der Waals surface area (Å²) in [5.41, 5.74) is -2.66. The highest BCUT2D eigenvalue weighted by Crippen LogP contribution is 2.47. The molecule has 0 unspecified atom stereocenters. The summed E-state index contributed by atoms with van der Waals surface area (Å²) in [6.07, 6.45) is -1.06. The minimum absolute atomic E-state index is 0.0627. The Labute approximate surface area is 139 Å². The van der Waals surface area contributed by atoms with E-state index in [1.165, 1.54) is 7.11 Å². The first-order chi connectivity index (χ1) is 11.4. The maximum absolute atomic E-state index is 13.1. The minimum atomic E-state index is -1.62. The quantitative estimate of drug-likeness (QED) is 0.643. The average Bonchev–Trinajstić information content (AvgIpc) is 2.90. The largest absolute Gasteiger partial charge is 0.485 e. The first-order valence-corrected chi connectivity index (χ1v) is 7.73. The van der Waals surface area contributed by atoms with Crippen LogP contribution in [0.4, 0.5) is 0 Å². The number of hydrogen-bond donors (Lipinski definition) is 1.